The molecule has 0 aliphatic carbocycles. The maximum atomic E-state index is 3.59. The first kappa shape index (κ1) is 10.7. The molecule has 0 amide bonds. The van der Waals surface area contributed by atoms with Crippen LogP contribution >= 0.6 is 36.3 Å². The third kappa shape index (κ3) is 2.31. The average molecular weight is 310 g/mol. The van der Waals surface area contributed by atoms with Gasteiger partial charge in [0.25, 0.3) is 0 Å². The summed E-state index contributed by atoms with van der Waals surface area (Å²) in [4.78, 5) is 0. The highest BCUT2D eigenvalue weighted by Crippen LogP contribution is 2.52. The van der Waals surface area contributed by atoms with Crippen molar-refractivity contribution in [1.29, 1.82) is 0 Å². The lowest BCUT2D eigenvalue weighted by atomic mass is 10.1. The van der Waals surface area contributed by atoms with E-state index in [9.17, 15) is 0 Å². The highest BCUT2D eigenvalue weighted by molar-refractivity contribution is 9.70. The van der Waals surface area contributed by atoms with Crippen molar-refractivity contribution in [2.75, 3.05) is 0 Å². The molecule has 3 heteroatoms. The molecule has 1 aromatic rings. The molecule has 0 atom stereocenters. The zero-order chi connectivity index (χ0) is 9.30. The Hall–Kier alpha value is 0.610. The predicted molar refractivity (Wildman–Crippen MR) is 65.1 cm³/mol. The summed E-state index contributed by atoms with van der Waals surface area (Å²) >= 11 is 7.18. The minimum atomic E-state index is -0.325. The van der Waals surface area contributed by atoms with Gasteiger partial charge in [-0.3, -0.25) is 0 Å². The number of rotatable bonds is 1. The largest absolute Gasteiger partial charge is 0.0659 e. The highest BCUT2D eigenvalue weighted by Gasteiger charge is 2.09. The molecule has 0 radical (unpaired) electrons. The Morgan fingerprint density at radius 3 is 1.75 bits per heavy atom. The number of halogens is 2. The minimum Gasteiger partial charge on any atom is -0.0557 e. The van der Waals surface area contributed by atoms with E-state index in [1.54, 1.807) is 0 Å². The molecule has 0 bridgehead atoms. The lowest BCUT2D eigenvalue weighted by molar-refractivity contribution is 1.36. The van der Waals surface area contributed by atoms with Gasteiger partial charge in [-0.15, -0.1) is 0 Å². The van der Waals surface area contributed by atoms with Crippen LogP contribution in [0.2, 0.25) is 0 Å². The molecule has 0 fully saturated rings. The standard InChI is InChI=1S/C9H11Br2P/c1-6-4-7(2)9(12(10)11)8(3)5-6/h4-5H,1-3H3. The van der Waals surface area contributed by atoms with Crippen LogP contribution in [0.1, 0.15) is 16.7 Å². The molecule has 0 nitrogen and oxygen atoms in total. The molecule has 0 spiro atoms. The first-order valence-corrected chi connectivity index (χ1v) is 9.10. The van der Waals surface area contributed by atoms with E-state index in [-0.39, 0.29) is 5.33 Å². The van der Waals surface area contributed by atoms with Crippen molar-refractivity contribution in [2.45, 2.75) is 20.8 Å². The van der Waals surface area contributed by atoms with Crippen LogP contribution in [-0.4, -0.2) is 0 Å². The maximum Gasteiger partial charge on any atom is 0.0659 e. The molecule has 0 saturated carbocycles. The van der Waals surface area contributed by atoms with Gasteiger partial charge in [0.05, 0.1) is 5.33 Å². The van der Waals surface area contributed by atoms with E-state index < -0.39 is 0 Å². The van der Waals surface area contributed by atoms with Crippen LogP contribution in [0.4, 0.5) is 0 Å². The van der Waals surface area contributed by atoms with Crippen molar-refractivity contribution >= 4 is 41.6 Å². The molecule has 0 saturated heterocycles. The van der Waals surface area contributed by atoms with Gasteiger partial charge < -0.3 is 0 Å². The maximum absolute atomic E-state index is 3.59. The molecular formula is C9H11Br2P. The molecule has 0 aromatic heterocycles. The van der Waals surface area contributed by atoms with Gasteiger partial charge in [0.2, 0.25) is 0 Å². The molecule has 0 aliphatic rings. The van der Waals surface area contributed by atoms with Gasteiger partial charge in [-0.25, -0.2) is 0 Å². The van der Waals surface area contributed by atoms with Crippen LogP contribution in [0.3, 0.4) is 0 Å². The monoisotopic (exact) mass is 308 g/mol. The molecule has 1 rings (SSSR count). The zero-order valence-electron chi connectivity index (χ0n) is 7.36. The van der Waals surface area contributed by atoms with Crippen molar-refractivity contribution in [2.24, 2.45) is 0 Å². The van der Waals surface area contributed by atoms with Crippen molar-refractivity contribution in [3.63, 3.8) is 0 Å². The first-order chi connectivity index (χ1) is 5.52. The Labute approximate surface area is 91.0 Å². The summed E-state index contributed by atoms with van der Waals surface area (Å²) in [5, 5.41) is 1.09. The Kier molecular flexibility index (Phi) is 3.75. The third-order valence-electron chi connectivity index (χ3n) is 1.80. The Bertz CT molecular complexity index is 272. The minimum absolute atomic E-state index is 0.325. The smallest absolute Gasteiger partial charge is 0.0557 e. The van der Waals surface area contributed by atoms with E-state index in [0.29, 0.717) is 0 Å². The van der Waals surface area contributed by atoms with E-state index in [0.717, 1.165) is 0 Å². The lowest BCUT2D eigenvalue weighted by Gasteiger charge is -2.11. The predicted octanol–water partition coefficient (Wildman–Crippen LogP) is 4.34. The fourth-order valence-electron chi connectivity index (χ4n) is 1.44. The molecule has 1 aromatic carbocycles. The van der Waals surface area contributed by atoms with Crippen LogP contribution < -0.4 is 5.30 Å². The molecule has 0 heterocycles. The van der Waals surface area contributed by atoms with Gasteiger partial charge in [0, 0.05) is 5.30 Å². The second kappa shape index (κ2) is 4.21. The quantitative estimate of drug-likeness (QED) is 0.677. The average Bonchev–Trinajstić information content (AvgIpc) is 1.82. The normalized spacial score (nSPS) is 10.8. The Morgan fingerprint density at radius 1 is 1.00 bits per heavy atom. The molecule has 66 valence electrons. The van der Waals surface area contributed by atoms with Crippen LogP contribution in [-0.2, 0) is 0 Å². The van der Waals surface area contributed by atoms with E-state index in [1.807, 2.05) is 0 Å². The summed E-state index contributed by atoms with van der Waals surface area (Å²) < 4.78 is 0. The molecule has 0 N–H and O–H groups in total. The van der Waals surface area contributed by atoms with E-state index in [1.165, 1.54) is 22.0 Å². The van der Waals surface area contributed by atoms with E-state index in [2.05, 4.69) is 63.9 Å². The topological polar surface area (TPSA) is 0 Å². The molecule has 0 aliphatic heterocycles. The van der Waals surface area contributed by atoms with Crippen LogP contribution in [0.5, 0.6) is 0 Å². The second-order valence-electron chi connectivity index (χ2n) is 2.98. The van der Waals surface area contributed by atoms with Gasteiger partial charge in [0.15, 0.2) is 0 Å². The summed E-state index contributed by atoms with van der Waals surface area (Å²) in [6.45, 7) is 6.45. The number of hydrogen-bond acceptors (Lipinski definition) is 0. The highest BCUT2D eigenvalue weighted by atomic mass is 79.9. The summed E-state index contributed by atoms with van der Waals surface area (Å²) in [6.07, 6.45) is 0. The summed E-state index contributed by atoms with van der Waals surface area (Å²) in [7, 11) is 0. The van der Waals surface area contributed by atoms with Crippen molar-refractivity contribution in [3.8, 4) is 0 Å². The van der Waals surface area contributed by atoms with Crippen molar-refractivity contribution in [1.82, 2.24) is 0 Å². The number of benzene rings is 1. The number of hydrogen-bond donors (Lipinski definition) is 0. The molecule has 12 heavy (non-hydrogen) atoms. The Balaban J connectivity index is 3.28. The second-order valence-corrected chi connectivity index (χ2v) is 11.0. The van der Waals surface area contributed by atoms with Crippen molar-refractivity contribution in [3.05, 3.63) is 28.8 Å². The summed E-state index contributed by atoms with van der Waals surface area (Å²) in [5.41, 5.74) is 4.07. The SMILES string of the molecule is Cc1cc(C)c(P(Br)Br)c(C)c1. The summed E-state index contributed by atoms with van der Waals surface area (Å²) in [5.74, 6) is 0. The van der Waals surface area contributed by atoms with Gasteiger partial charge in [-0.1, -0.05) is 17.7 Å². The van der Waals surface area contributed by atoms with Gasteiger partial charge in [-0.05, 0) is 62.9 Å². The fourth-order valence-corrected chi connectivity index (χ4v) is 5.46. The van der Waals surface area contributed by atoms with Crippen molar-refractivity contribution < 1.29 is 0 Å². The van der Waals surface area contributed by atoms with Gasteiger partial charge in [0.1, 0.15) is 0 Å². The van der Waals surface area contributed by atoms with Crippen LogP contribution in [0.25, 0.3) is 0 Å². The molecule has 0 unspecified atom stereocenters. The first-order valence-electron chi connectivity index (χ1n) is 3.72. The van der Waals surface area contributed by atoms with Gasteiger partial charge in [-0.2, -0.15) is 0 Å². The summed E-state index contributed by atoms with van der Waals surface area (Å²) in [6, 6.07) is 4.44. The fraction of sp³-hybridized carbons (Fsp3) is 0.333. The Morgan fingerprint density at radius 2 is 1.42 bits per heavy atom. The third-order valence-corrected chi connectivity index (χ3v) is 4.98. The van der Waals surface area contributed by atoms with Crippen LogP contribution in [0, 0.1) is 20.8 Å². The molecular weight excluding hydrogens is 299 g/mol. The lowest BCUT2D eigenvalue weighted by Crippen LogP contribution is -2.05. The van der Waals surface area contributed by atoms with E-state index in [4.69, 9.17) is 0 Å². The van der Waals surface area contributed by atoms with E-state index >= 15 is 0 Å². The van der Waals surface area contributed by atoms with Crippen LogP contribution in [0.15, 0.2) is 12.1 Å². The van der Waals surface area contributed by atoms with Gasteiger partial charge >= 0.3 is 0 Å². The zero-order valence-corrected chi connectivity index (χ0v) is 11.4. The number of aryl methyl sites for hydroxylation is 3.